The molecule has 1 N–H and O–H groups in total. The van der Waals surface area contributed by atoms with Crippen LogP contribution in [0.4, 0.5) is 26.3 Å². The molecule has 208 valence electrons. The van der Waals surface area contributed by atoms with Gasteiger partial charge in [0, 0.05) is 6.54 Å². The van der Waals surface area contributed by atoms with Gasteiger partial charge in [0.05, 0.1) is 11.5 Å². The number of benzene rings is 1. The van der Waals surface area contributed by atoms with Crippen LogP contribution in [0.15, 0.2) is 18.2 Å². The van der Waals surface area contributed by atoms with Crippen molar-refractivity contribution in [3.63, 3.8) is 0 Å². The van der Waals surface area contributed by atoms with Gasteiger partial charge in [-0.25, -0.2) is 0 Å². The number of rotatable bonds is 5. The fourth-order valence-electron chi connectivity index (χ4n) is 7.04. The lowest BCUT2D eigenvalue weighted by Crippen LogP contribution is -2.52. The molecule has 5 rings (SSSR count). The summed E-state index contributed by atoms with van der Waals surface area (Å²) < 4.78 is 106. The molecule has 2 bridgehead atoms. The molecule has 2 saturated heterocycles. The van der Waals surface area contributed by atoms with Crippen molar-refractivity contribution in [3.05, 3.63) is 34.9 Å². The molecule has 3 fully saturated rings. The van der Waals surface area contributed by atoms with Crippen LogP contribution < -0.4 is 4.72 Å². The molecule has 0 radical (unpaired) electrons. The van der Waals surface area contributed by atoms with Crippen LogP contribution >= 0.6 is 0 Å². The van der Waals surface area contributed by atoms with Crippen molar-refractivity contribution < 1.29 is 34.8 Å². The minimum absolute atomic E-state index is 0.0581. The zero-order valence-corrected chi connectivity index (χ0v) is 21.4. The molecule has 0 unspecified atom stereocenters. The molecule has 1 spiro atoms. The fourth-order valence-corrected chi connectivity index (χ4v) is 8.75. The van der Waals surface area contributed by atoms with E-state index in [9.17, 15) is 34.8 Å². The summed E-state index contributed by atoms with van der Waals surface area (Å²) in [6.07, 6.45) is -4.00. The molecule has 0 amide bonds. The minimum Gasteiger partial charge on any atom is -0.303 e. The number of alkyl halides is 6. The molecule has 4 aliphatic rings. The molecule has 1 aromatic carbocycles. The van der Waals surface area contributed by atoms with E-state index >= 15 is 0 Å². The number of aryl methyl sites for hydroxylation is 1. The third kappa shape index (κ3) is 5.67. The standard InChI is InChI=1S/C25H33F6N3O2S/c26-24(27,28)16-34-15-23(32-37(34,35)36)21-5-6-22(23)14-19-12-17(3-4-18(19)13-21)2-1-9-33-10-7-20(8-11-33)25(29,30)31/h3-4,12,20-22,32H,1-2,5-11,13-16H2/t21-,22+,23-/m1/s1. The lowest BCUT2D eigenvalue weighted by molar-refractivity contribution is -0.185. The number of piperidine rings is 1. The first kappa shape index (κ1) is 27.2. The lowest BCUT2D eigenvalue weighted by Gasteiger charge is -2.33. The summed E-state index contributed by atoms with van der Waals surface area (Å²) in [5.74, 6) is -1.33. The second-order valence-corrected chi connectivity index (χ2v) is 12.9. The predicted octanol–water partition coefficient (Wildman–Crippen LogP) is 4.47. The fraction of sp³-hybridized carbons (Fsp3) is 0.760. The van der Waals surface area contributed by atoms with Crippen LogP contribution in [0, 0.1) is 17.8 Å². The quantitative estimate of drug-likeness (QED) is 0.548. The van der Waals surface area contributed by atoms with E-state index in [0.29, 0.717) is 30.2 Å². The number of hydrogen-bond acceptors (Lipinski definition) is 3. The van der Waals surface area contributed by atoms with Gasteiger partial charge in [-0.2, -0.15) is 43.8 Å². The third-order valence-corrected chi connectivity index (χ3v) is 10.5. The Labute approximate surface area is 213 Å². The van der Waals surface area contributed by atoms with Gasteiger partial charge in [0.2, 0.25) is 0 Å². The Hall–Kier alpha value is -1.37. The monoisotopic (exact) mass is 553 g/mol. The summed E-state index contributed by atoms with van der Waals surface area (Å²) in [5.41, 5.74) is 2.49. The highest BCUT2D eigenvalue weighted by Gasteiger charge is 2.60. The molecule has 3 atom stereocenters. The van der Waals surface area contributed by atoms with Crippen molar-refractivity contribution in [3.8, 4) is 0 Å². The Morgan fingerprint density at radius 1 is 0.946 bits per heavy atom. The van der Waals surface area contributed by atoms with Gasteiger partial charge in [0.1, 0.15) is 6.54 Å². The van der Waals surface area contributed by atoms with Crippen LogP contribution in [0.1, 0.15) is 48.8 Å². The maximum absolute atomic E-state index is 13.1. The van der Waals surface area contributed by atoms with Crippen molar-refractivity contribution in [1.29, 1.82) is 0 Å². The highest BCUT2D eigenvalue weighted by molar-refractivity contribution is 7.87. The number of likely N-dealkylation sites (tertiary alicyclic amines) is 1. The average molecular weight is 554 g/mol. The minimum atomic E-state index is -4.60. The van der Waals surface area contributed by atoms with Crippen LogP contribution in [-0.2, 0) is 29.5 Å². The molecule has 2 heterocycles. The zero-order valence-electron chi connectivity index (χ0n) is 20.5. The van der Waals surface area contributed by atoms with Crippen LogP contribution in [0.5, 0.6) is 0 Å². The Morgan fingerprint density at radius 2 is 1.59 bits per heavy atom. The number of nitrogens with zero attached hydrogens (tertiary/aromatic N) is 2. The van der Waals surface area contributed by atoms with E-state index < -0.39 is 40.6 Å². The van der Waals surface area contributed by atoms with Gasteiger partial charge < -0.3 is 4.90 Å². The smallest absolute Gasteiger partial charge is 0.303 e. The highest BCUT2D eigenvalue weighted by atomic mass is 32.2. The SMILES string of the molecule is O=S1(=O)N[C@]2(CN1CC(F)(F)F)[C@@H]1CC[C@H]2Cc2cc(CCCN3CCC(C(F)(F)F)CC3)ccc2C1. The lowest BCUT2D eigenvalue weighted by atomic mass is 9.79. The summed E-state index contributed by atoms with van der Waals surface area (Å²) in [4.78, 5) is 2.09. The maximum Gasteiger partial charge on any atom is 0.402 e. The second kappa shape index (κ2) is 9.67. The first-order valence-electron chi connectivity index (χ1n) is 13.0. The molecule has 37 heavy (non-hydrogen) atoms. The summed E-state index contributed by atoms with van der Waals surface area (Å²) in [6, 6.07) is 6.25. The molecular formula is C25H33F6N3O2S. The molecule has 12 heteroatoms. The van der Waals surface area contributed by atoms with Gasteiger partial charge in [-0.3, -0.25) is 0 Å². The van der Waals surface area contributed by atoms with E-state index in [4.69, 9.17) is 0 Å². The predicted molar refractivity (Wildman–Crippen MR) is 126 cm³/mol. The van der Waals surface area contributed by atoms with E-state index in [0.717, 1.165) is 48.9 Å². The topological polar surface area (TPSA) is 52.7 Å². The van der Waals surface area contributed by atoms with Gasteiger partial charge in [-0.1, -0.05) is 18.2 Å². The average Bonchev–Trinajstić information content (AvgIpc) is 3.17. The van der Waals surface area contributed by atoms with Gasteiger partial charge in [0.25, 0.3) is 10.2 Å². The molecule has 2 aliphatic carbocycles. The molecule has 0 aromatic heterocycles. The van der Waals surface area contributed by atoms with Crippen molar-refractivity contribution in [2.75, 3.05) is 32.7 Å². The summed E-state index contributed by atoms with van der Waals surface area (Å²) in [5, 5.41) is 0. The Morgan fingerprint density at radius 3 is 2.22 bits per heavy atom. The first-order chi connectivity index (χ1) is 17.3. The van der Waals surface area contributed by atoms with Crippen molar-refractivity contribution in [2.45, 2.75) is 69.3 Å². The summed E-state index contributed by atoms with van der Waals surface area (Å²) >= 11 is 0. The molecular weight excluding hydrogens is 520 g/mol. The molecule has 1 saturated carbocycles. The Bertz CT molecular complexity index is 1100. The van der Waals surface area contributed by atoms with Crippen LogP contribution in [0.25, 0.3) is 0 Å². The van der Waals surface area contributed by atoms with E-state index in [1.54, 1.807) is 0 Å². The van der Waals surface area contributed by atoms with Crippen molar-refractivity contribution >= 4 is 10.2 Å². The van der Waals surface area contributed by atoms with E-state index in [1.807, 2.05) is 0 Å². The third-order valence-electron chi connectivity index (χ3n) is 8.97. The van der Waals surface area contributed by atoms with Gasteiger partial charge in [0.15, 0.2) is 0 Å². The van der Waals surface area contributed by atoms with Crippen molar-refractivity contribution in [1.82, 2.24) is 13.9 Å². The second-order valence-electron chi connectivity index (χ2n) is 11.3. The summed E-state index contributed by atoms with van der Waals surface area (Å²) in [7, 11) is -4.20. The first-order valence-corrected chi connectivity index (χ1v) is 14.4. The largest absolute Gasteiger partial charge is 0.402 e. The van der Waals surface area contributed by atoms with E-state index in [-0.39, 0.29) is 31.2 Å². The van der Waals surface area contributed by atoms with Crippen LogP contribution in [0.2, 0.25) is 0 Å². The number of nitrogens with one attached hydrogen (secondary N) is 1. The number of halogens is 6. The van der Waals surface area contributed by atoms with Crippen LogP contribution in [-0.4, -0.2) is 68.2 Å². The molecule has 5 nitrogen and oxygen atoms in total. The zero-order chi connectivity index (χ0) is 26.6. The number of hydrogen-bond donors (Lipinski definition) is 1. The van der Waals surface area contributed by atoms with Crippen molar-refractivity contribution in [2.24, 2.45) is 17.8 Å². The van der Waals surface area contributed by atoms with Gasteiger partial charge in [-0.15, -0.1) is 0 Å². The van der Waals surface area contributed by atoms with E-state index in [2.05, 4.69) is 27.8 Å². The van der Waals surface area contributed by atoms with E-state index in [1.165, 1.54) is 0 Å². The highest BCUT2D eigenvalue weighted by Crippen LogP contribution is 2.50. The molecule has 1 aromatic rings. The summed E-state index contributed by atoms with van der Waals surface area (Å²) in [6.45, 7) is 0.0262. The normalized spacial score (nSPS) is 31.1. The molecule has 2 aliphatic heterocycles. The maximum atomic E-state index is 13.1. The van der Waals surface area contributed by atoms with Crippen LogP contribution in [0.3, 0.4) is 0 Å². The van der Waals surface area contributed by atoms with Gasteiger partial charge >= 0.3 is 12.4 Å². The number of fused-ring (bicyclic) bond motifs is 1. The Kier molecular flexibility index (Phi) is 7.11. The Balaban J connectivity index is 1.22. The van der Waals surface area contributed by atoms with Gasteiger partial charge in [-0.05, 0) is 99.5 Å².